The molecule has 0 N–H and O–H groups in total. The first-order chi connectivity index (χ1) is 15.6. The quantitative estimate of drug-likeness (QED) is 0.445. The number of hydrogen-bond acceptors (Lipinski definition) is 5. The Bertz CT molecular complexity index is 1050. The molecule has 1 unspecified atom stereocenters. The van der Waals surface area contributed by atoms with Gasteiger partial charge in [0.15, 0.2) is 0 Å². The summed E-state index contributed by atoms with van der Waals surface area (Å²) >= 11 is 6.76. The van der Waals surface area contributed by atoms with E-state index < -0.39 is 0 Å². The highest BCUT2D eigenvalue weighted by atomic mass is 35.5. The van der Waals surface area contributed by atoms with E-state index in [4.69, 9.17) is 21.1 Å². The molecule has 3 aromatic rings. The first-order valence-corrected chi connectivity index (χ1v) is 11.2. The minimum absolute atomic E-state index is 0.240. The van der Waals surface area contributed by atoms with Gasteiger partial charge >= 0.3 is 0 Å². The number of hydrogen-bond donors (Lipinski definition) is 0. The van der Waals surface area contributed by atoms with Gasteiger partial charge in [-0.2, -0.15) is 5.10 Å². The first-order valence-electron chi connectivity index (χ1n) is 10.8. The van der Waals surface area contributed by atoms with Gasteiger partial charge in [0, 0.05) is 49.6 Å². The van der Waals surface area contributed by atoms with Gasteiger partial charge < -0.3 is 9.47 Å². The summed E-state index contributed by atoms with van der Waals surface area (Å²) in [5, 5.41) is 4.76. The highest BCUT2D eigenvalue weighted by molar-refractivity contribution is 6.33. The van der Waals surface area contributed by atoms with Gasteiger partial charge in [-0.05, 0) is 55.3 Å². The van der Waals surface area contributed by atoms with Gasteiger partial charge in [-0.3, -0.25) is 9.69 Å². The third-order valence-electron chi connectivity index (χ3n) is 5.83. The summed E-state index contributed by atoms with van der Waals surface area (Å²) < 4.78 is 13.2. The molecule has 2 heterocycles. The van der Waals surface area contributed by atoms with Gasteiger partial charge in [0.2, 0.25) is 0 Å². The number of aromatic nitrogens is 2. The Morgan fingerprint density at radius 3 is 2.78 bits per heavy atom. The normalized spacial score (nSPS) is 15.9. The van der Waals surface area contributed by atoms with E-state index in [-0.39, 0.29) is 6.10 Å². The van der Waals surface area contributed by atoms with Gasteiger partial charge in [-0.1, -0.05) is 23.7 Å². The van der Waals surface area contributed by atoms with Crippen LogP contribution in [-0.4, -0.2) is 54.4 Å². The van der Waals surface area contributed by atoms with Crippen molar-refractivity contribution in [3.63, 3.8) is 0 Å². The van der Waals surface area contributed by atoms with Crippen LogP contribution < -0.4 is 4.74 Å². The van der Waals surface area contributed by atoms with Crippen molar-refractivity contribution in [1.82, 2.24) is 14.7 Å². The van der Waals surface area contributed by atoms with Gasteiger partial charge in [-0.25, -0.2) is 4.68 Å². The lowest BCUT2D eigenvalue weighted by molar-refractivity contribution is 0.0792. The van der Waals surface area contributed by atoms with Crippen molar-refractivity contribution in [3.8, 4) is 11.4 Å². The standard InChI is InChI=1S/C25H28ClN3O3/c1-28(15-22-5-3-12-32-22)16-23-20(17-30)14-19(25(31-2)24(23)26)13-18-6-8-21(9-7-18)29-11-4-10-27-29/h4,6-11,14,17,22H,3,5,12-13,15-16H2,1-2H3. The monoisotopic (exact) mass is 453 g/mol. The average molecular weight is 454 g/mol. The third-order valence-corrected chi connectivity index (χ3v) is 6.23. The Balaban J connectivity index is 1.56. The van der Waals surface area contributed by atoms with Crippen LogP contribution >= 0.6 is 11.6 Å². The van der Waals surface area contributed by atoms with Crippen LogP contribution in [0.25, 0.3) is 5.69 Å². The summed E-state index contributed by atoms with van der Waals surface area (Å²) in [7, 11) is 3.64. The van der Waals surface area contributed by atoms with E-state index >= 15 is 0 Å². The second kappa shape index (κ2) is 10.3. The molecule has 0 radical (unpaired) electrons. The second-order valence-electron chi connectivity index (χ2n) is 8.19. The maximum Gasteiger partial charge on any atom is 0.150 e. The third kappa shape index (κ3) is 5.04. The van der Waals surface area contributed by atoms with Gasteiger partial charge in [0.25, 0.3) is 0 Å². The zero-order chi connectivity index (χ0) is 22.5. The number of benzene rings is 2. The number of carbonyl (C=O) groups excluding carboxylic acids is 1. The number of likely N-dealkylation sites (N-methyl/N-ethyl adjacent to an activating group) is 1. The van der Waals surface area contributed by atoms with Crippen molar-refractivity contribution in [2.45, 2.75) is 31.9 Å². The number of ether oxygens (including phenoxy) is 2. The highest BCUT2D eigenvalue weighted by Crippen LogP contribution is 2.36. The molecule has 1 fully saturated rings. The van der Waals surface area contributed by atoms with Crippen LogP contribution in [0.1, 0.15) is 39.9 Å². The smallest absolute Gasteiger partial charge is 0.150 e. The second-order valence-corrected chi connectivity index (χ2v) is 8.57. The van der Waals surface area contributed by atoms with Crippen LogP contribution in [0.5, 0.6) is 5.75 Å². The lowest BCUT2D eigenvalue weighted by Gasteiger charge is -2.23. The number of methoxy groups -OCH3 is 1. The zero-order valence-corrected chi connectivity index (χ0v) is 19.2. The van der Waals surface area contributed by atoms with Gasteiger partial charge in [0.05, 0.1) is 23.9 Å². The Kier molecular flexibility index (Phi) is 7.25. The summed E-state index contributed by atoms with van der Waals surface area (Å²) in [4.78, 5) is 14.1. The van der Waals surface area contributed by atoms with Crippen LogP contribution in [0.4, 0.5) is 0 Å². The van der Waals surface area contributed by atoms with E-state index in [9.17, 15) is 4.79 Å². The van der Waals surface area contributed by atoms with E-state index in [1.54, 1.807) is 13.3 Å². The summed E-state index contributed by atoms with van der Waals surface area (Å²) in [6, 6.07) is 11.9. The fourth-order valence-corrected chi connectivity index (χ4v) is 4.61. The van der Waals surface area contributed by atoms with Crippen molar-refractivity contribution < 1.29 is 14.3 Å². The van der Waals surface area contributed by atoms with Crippen LogP contribution in [0.2, 0.25) is 5.02 Å². The topological polar surface area (TPSA) is 56.6 Å². The van der Waals surface area contributed by atoms with Crippen molar-refractivity contribution in [1.29, 1.82) is 0 Å². The molecule has 0 aliphatic carbocycles. The van der Waals surface area contributed by atoms with E-state index in [0.29, 0.717) is 29.3 Å². The molecule has 1 aliphatic rings. The predicted octanol–water partition coefficient (Wildman–Crippen LogP) is 4.55. The summed E-state index contributed by atoms with van der Waals surface area (Å²) in [6.07, 6.45) is 7.55. The molecule has 1 aromatic heterocycles. The van der Waals surface area contributed by atoms with Crippen molar-refractivity contribution in [2.75, 3.05) is 27.3 Å². The SMILES string of the molecule is COc1c(Cc2ccc(-n3cccn3)cc2)cc(C=O)c(CN(C)CC2CCCO2)c1Cl. The molecule has 32 heavy (non-hydrogen) atoms. The minimum Gasteiger partial charge on any atom is -0.495 e. The number of rotatable bonds is 9. The molecule has 4 rings (SSSR count). The average Bonchev–Trinajstić information content (AvgIpc) is 3.51. The molecule has 1 saturated heterocycles. The Hall–Kier alpha value is -2.67. The predicted molar refractivity (Wildman–Crippen MR) is 125 cm³/mol. The fraction of sp³-hybridized carbons (Fsp3) is 0.360. The van der Waals surface area contributed by atoms with Crippen molar-refractivity contribution >= 4 is 17.9 Å². The zero-order valence-electron chi connectivity index (χ0n) is 18.5. The summed E-state index contributed by atoms with van der Waals surface area (Å²) in [5.41, 5.74) is 4.35. The molecule has 168 valence electrons. The first kappa shape index (κ1) is 22.5. The Labute approximate surface area is 193 Å². The lowest BCUT2D eigenvalue weighted by atomic mass is 9.97. The number of carbonyl (C=O) groups is 1. The molecule has 2 aromatic carbocycles. The number of halogens is 1. The fourth-order valence-electron chi connectivity index (χ4n) is 4.24. The van der Waals surface area contributed by atoms with Crippen LogP contribution in [-0.2, 0) is 17.7 Å². The van der Waals surface area contributed by atoms with E-state index in [0.717, 1.165) is 54.7 Å². The molecule has 0 spiro atoms. The highest BCUT2D eigenvalue weighted by Gasteiger charge is 2.22. The van der Waals surface area contributed by atoms with E-state index in [1.165, 1.54) is 0 Å². The molecule has 1 aliphatic heterocycles. The number of aldehydes is 1. The molecule has 0 bridgehead atoms. The van der Waals surface area contributed by atoms with Gasteiger partial charge in [0.1, 0.15) is 12.0 Å². The maximum atomic E-state index is 11.9. The van der Waals surface area contributed by atoms with Gasteiger partial charge in [-0.15, -0.1) is 0 Å². The Morgan fingerprint density at radius 1 is 1.34 bits per heavy atom. The number of nitrogens with zero attached hydrogens (tertiary/aromatic N) is 3. The largest absolute Gasteiger partial charge is 0.495 e. The summed E-state index contributed by atoms with van der Waals surface area (Å²) in [5.74, 6) is 0.619. The Morgan fingerprint density at radius 2 is 2.16 bits per heavy atom. The maximum absolute atomic E-state index is 11.9. The van der Waals surface area contributed by atoms with Crippen LogP contribution in [0, 0.1) is 0 Å². The molecular weight excluding hydrogens is 426 g/mol. The van der Waals surface area contributed by atoms with Crippen LogP contribution in [0.3, 0.4) is 0 Å². The molecule has 7 heteroatoms. The molecular formula is C25H28ClN3O3. The molecule has 0 amide bonds. The van der Waals surface area contributed by atoms with Crippen molar-refractivity contribution in [2.24, 2.45) is 0 Å². The summed E-state index contributed by atoms with van der Waals surface area (Å²) in [6.45, 7) is 2.19. The molecule has 6 nitrogen and oxygen atoms in total. The lowest BCUT2D eigenvalue weighted by Crippen LogP contribution is -2.29. The van der Waals surface area contributed by atoms with E-state index in [2.05, 4.69) is 10.00 Å². The van der Waals surface area contributed by atoms with E-state index in [1.807, 2.05) is 54.3 Å². The molecule has 1 atom stereocenters. The van der Waals surface area contributed by atoms with Crippen molar-refractivity contribution in [3.05, 3.63) is 76.1 Å². The van der Waals surface area contributed by atoms with Crippen LogP contribution in [0.15, 0.2) is 48.8 Å². The molecule has 0 saturated carbocycles. The minimum atomic E-state index is 0.240.